The van der Waals surface area contributed by atoms with Crippen LogP contribution in [0.15, 0.2) is 54.6 Å². The van der Waals surface area contributed by atoms with E-state index in [0.717, 1.165) is 6.54 Å². The molecule has 0 aliphatic rings. The predicted molar refractivity (Wildman–Crippen MR) is 87.5 cm³/mol. The second-order valence-corrected chi connectivity index (χ2v) is 5.82. The quantitative estimate of drug-likeness (QED) is 0.474. The lowest BCUT2D eigenvalue weighted by Gasteiger charge is -2.16. The molecule has 4 aromatic rings. The number of hydrogen-bond acceptors (Lipinski definition) is 1. The molecule has 20 heavy (non-hydrogen) atoms. The highest BCUT2D eigenvalue weighted by Gasteiger charge is 2.10. The van der Waals surface area contributed by atoms with Gasteiger partial charge in [-0.2, -0.15) is 0 Å². The van der Waals surface area contributed by atoms with Crippen LogP contribution >= 0.6 is 0 Å². The number of rotatable bonds is 2. The van der Waals surface area contributed by atoms with Crippen LogP contribution in [0.2, 0.25) is 0 Å². The zero-order chi connectivity index (χ0) is 13.7. The fourth-order valence-electron chi connectivity index (χ4n) is 3.27. The van der Waals surface area contributed by atoms with Gasteiger partial charge in [-0.3, -0.25) is 0 Å². The van der Waals surface area contributed by atoms with Crippen molar-refractivity contribution in [1.29, 1.82) is 0 Å². The van der Waals surface area contributed by atoms with Gasteiger partial charge in [0.15, 0.2) is 0 Å². The van der Waals surface area contributed by atoms with Gasteiger partial charge in [-0.1, -0.05) is 54.6 Å². The predicted octanol–water partition coefficient (Wildman–Crippen LogP) is 4.65. The largest absolute Gasteiger partial charge is 0.305 e. The minimum Gasteiger partial charge on any atom is -0.305 e. The first-order valence-electron chi connectivity index (χ1n) is 7.04. The molecule has 98 valence electrons. The van der Waals surface area contributed by atoms with E-state index in [-0.39, 0.29) is 0 Å². The third kappa shape index (κ3) is 1.60. The van der Waals surface area contributed by atoms with Gasteiger partial charge < -0.3 is 4.90 Å². The molecule has 0 unspecified atom stereocenters. The van der Waals surface area contributed by atoms with Crippen LogP contribution in [-0.2, 0) is 6.54 Å². The molecular weight excluding hydrogens is 242 g/mol. The van der Waals surface area contributed by atoms with Crippen molar-refractivity contribution in [3.05, 3.63) is 60.2 Å². The van der Waals surface area contributed by atoms with Crippen molar-refractivity contribution in [3.63, 3.8) is 0 Å². The van der Waals surface area contributed by atoms with Crippen LogP contribution in [0, 0.1) is 0 Å². The highest BCUT2D eigenvalue weighted by atomic mass is 15.0. The monoisotopic (exact) mass is 259 g/mol. The summed E-state index contributed by atoms with van der Waals surface area (Å²) in [5.74, 6) is 0. The van der Waals surface area contributed by atoms with Crippen LogP contribution in [0.3, 0.4) is 0 Å². The Labute approximate surface area is 118 Å². The molecule has 0 radical (unpaired) electrons. The van der Waals surface area contributed by atoms with Crippen molar-refractivity contribution in [3.8, 4) is 0 Å². The van der Waals surface area contributed by atoms with Crippen molar-refractivity contribution in [1.82, 2.24) is 4.90 Å². The molecule has 0 heterocycles. The molecule has 0 saturated carbocycles. The van der Waals surface area contributed by atoms with Gasteiger partial charge >= 0.3 is 0 Å². The summed E-state index contributed by atoms with van der Waals surface area (Å²) in [6, 6.07) is 20.1. The minimum atomic E-state index is 0.980. The van der Waals surface area contributed by atoms with E-state index in [2.05, 4.69) is 73.6 Å². The maximum atomic E-state index is 2.28. The summed E-state index contributed by atoms with van der Waals surface area (Å²) in [5.41, 5.74) is 1.40. The van der Waals surface area contributed by atoms with Gasteiger partial charge in [0.25, 0.3) is 0 Å². The van der Waals surface area contributed by atoms with Crippen LogP contribution in [0.5, 0.6) is 0 Å². The van der Waals surface area contributed by atoms with Gasteiger partial charge in [0.2, 0.25) is 0 Å². The van der Waals surface area contributed by atoms with Crippen molar-refractivity contribution < 1.29 is 0 Å². The molecule has 0 aliphatic carbocycles. The normalized spacial score (nSPS) is 12.2. The van der Waals surface area contributed by atoms with E-state index in [1.54, 1.807) is 0 Å². The third-order valence-electron chi connectivity index (χ3n) is 4.11. The second kappa shape index (κ2) is 4.19. The Balaban J connectivity index is 2.20. The lowest BCUT2D eigenvalue weighted by molar-refractivity contribution is 0.404. The molecule has 0 fully saturated rings. The van der Waals surface area contributed by atoms with E-state index in [1.165, 1.54) is 37.9 Å². The molecule has 0 saturated heterocycles. The van der Waals surface area contributed by atoms with Gasteiger partial charge in [-0.25, -0.2) is 0 Å². The molecule has 0 amide bonds. The van der Waals surface area contributed by atoms with Crippen molar-refractivity contribution in [2.75, 3.05) is 14.1 Å². The summed E-state index contributed by atoms with van der Waals surface area (Å²) in [4.78, 5) is 2.23. The lowest BCUT2D eigenvalue weighted by atomic mass is 9.92. The highest BCUT2D eigenvalue weighted by Crippen LogP contribution is 2.35. The first kappa shape index (κ1) is 11.7. The average molecular weight is 259 g/mol. The van der Waals surface area contributed by atoms with Gasteiger partial charge in [0.1, 0.15) is 0 Å². The zero-order valence-corrected chi connectivity index (χ0v) is 11.9. The molecular formula is C19H17N. The van der Waals surface area contributed by atoms with Crippen molar-refractivity contribution in [2.24, 2.45) is 0 Å². The summed E-state index contributed by atoms with van der Waals surface area (Å²) >= 11 is 0. The summed E-state index contributed by atoms with van der Waals surface area (Å²) in [6.45, 7) is 0.980. The minimum absolute atomic E-state index is 0.980. The maximum absolute atomic E-state index is 2.28. The Kier molecular flexibility index (Phi) is 2.45. The zero-order valence-electron chi connectivity index (χ0n) is 11.9. The summed E-state index contributed by atoms with van der Waals surface area (Å²) < 4.78 is 0. The summed E-state index contributed by atoms with van der Waals surface area (Å²) in [7, 11) is 4.25. The van der Waals surface area contributed by atoms with Gasteiger partial charge in [0, 0.05) is 6.54 Å². The topological polar surface area (TPSA) is 3.24 Å². The molecule has 4 aromatic carbocycles. The Hall–Kier alpha value is -2.12. The molecule has 0 aliphatic heterocycles. The molecule has 0 aromatic heterocycles. The Bertz CT molecular complexity index is 890. The number of hydrogen-bond donors (Lipinski definition) is 0. The first-order valence-corrected chi connectivity index (χ1v) is 7.04. The smallest absolute Gasteiger partial charge is 0.0233 e. The Morgan fingerprint density at radius 1 is 0.700 bits per heavy atom. The third-order valence-corrected chi connectivity index (χ3v) is 4.11. The van der Waals surface area contributed by atoms with E-state index in [9.17, 15) is 0 Å². The fourth-order valence-corrected chi connectivity index (χ4v) is 3.27. The standard InChI is InChI=1S/C19H17N/c1-20(2)12-16-9-8-15-7-6-13-4-3-5-14-10-11-17(16)19(15)18(13)14/h3-11H,12H2,1-2H3. The molecule has 4 rings (SSSR count). The van der Waals surface area contributed by atoms with Crippen LogP contribution in [-0.4, -0.2) is 19.0 Å². The van der Waals surface area contributed by atoms with Crippen LogP contribution in [0.4, 0.5) is 0 Å². The molecule has 0 atom stereocenters. The van der Waals surface area contributed by atoms with Crippen molar-refractivity contribution >= 4 is 32.3 Å². The van der Waals surface area contributed by atoms with Crippen molar-refractivity contribution in [2.45, 2.75) is 6.54 Å². The van der Waals surface area contributed by atoms with E-state index in [1.807, 2.05) is 0 Å². The van der Waals surface area contributed by atoms with E-state index >= 15 is 0 Å². The van der Waals surface area contributed by atoms with Gasteiger partial charge in [-0.15, -0.1) is 0 Å². The van der Waals surface area contributed by atoms with Crippen LogP contribution < -0.4 is 0 Å². The Morgan fingerprint density at radius 2 is 1.30 bits per heavy atom. The molecule has 1 nitrogen and oxygen atoms in total. The number of nitrogens with zero attached hydrogens (tertiary/aromatic N) is 1. The Morgan fingerprint density at radius 3 is 2.00 bits per heavy atom. The van der Waals surface area contributed by atoms with Crippen LogP contribution in [0.1, 0.15) is 5.56 Å². The SMILES string of the molecule is CN(C)Cc1ccc2ccc3cccc4ccc1c2c34. The van der Waals surface area contributed by atoms with Gasteiger partial charge in [-0.05, 0) is 52.0 Å². The average Bonchev–Trinajstić information content (AvgIpc) is 2.46. The lowest BCUT2D eigenvalue weighted by Crippen LogP contribution is -2.10. The first-order chi connectivity index (χ1) is 9.74. The molecule has 1 heteroatoms. The maximum Gasteiger partial charge on any atom is 0.0233 e. The van der Waals surface area contributed by atoms with Gasteiger partial charge in [0.05, 0.1) is 0 Å². The summed E-state index contributed by atoms with van der Waals surface area (Å²) in [6.07, 6.45) is 0. The highest BCUT2D eigenvalue weighted by molar-refractivity contribution is 6.23. The number of benzene rings is 4. The fraction of sp³-hybridized carbons (Fsp3) is 0.158. The summed E-state index contributed by atoms with van der Waals surface area (Å²) in [5, 5.41) is 8.22. The van der Waals surface area contributed by atoms with E-state index < -0.39 is 0 Å². The van der Waals surface area contributed by atoms with E-state index in [0.29, 0.717) is 0 Å². The molecule has 0 N–H and O–H groups in total. The van der Waals surface area contributed by atoms with Crippen LogP contribution in [0.25, 0.3) is 32.3 Å². The van der Waals surface area contributed by atoms with E-state index in [4.69, 9.17) is 0 Å². The second-order valence-electron chi connectivity index (χ2n) is 5.82. The molecule has 0 bridgehead atoms. The molecule has 0 spiro atoms.